The number of amides is 1. The molecular formula is C13H18F2N2O2. The fourth-order valence-electron chi connectivity index (χ4n) is 2.22. The number of nitrogens with one attached hydrogen (secondary N) is 1. The Hall–Kier alpha value is -1.43. The Bertz CT molecular complexity index is 442. The lowest BCUT2D eigenvalue weighted by Gasteiger charge is -2.15. The van der Waals surface area contributed by atoms with Gasteiger partial charge in [-0.05, 0) is 36.8 Å². The number of carbonyl (C=O) groups excluding carboxylic acids is 1. The number of aliphatic hydroxyl groups excluding tert-OH is 1. The van der Waals surface area contributed by atoms with Crippen molar-refractivity contribution in [2.75, 3.05) is 13.2 Å². The largest absolute Gasteiger partial charge is 0.396 e. The molecule has 1 aromatic heterocycles. The molecule has 0 aromatic carbocycles. The molecule has 0 radical (unpaired) electrons. The van der Waals surface area contributed by atoms with Crippen LogP contribution in [0.2, 0.25) is 0 Å². The van der Waals surface area contributed by atoms with Crippen molar-refractivity contribution in [3.05, 3.63) is 24.0 Å². The molecule has 19 heavy (non-hydrogen) atoms. The highest BCUT2D eigenvalue weighted by atomic mass is 19.3. The zero-order valence-corrected chi connectivity index (χ0v) is 10.6. The Morgan fingerprint density at radius 3 is 2.84 bits per heavy atom. The van der Waals surface area contributed by atoms with E-state index in [4.69, 9.17) is 5.11 Å². The molecule has 2 N–H and O–H groups in total. The average molecular weight is 272 g/mol. The van der Waals surface area contributed by atoms with Gasteiger partial charge in [-0.2, -0.15) is 0 Å². The summed E-state index contributed by atoms with van der Waals surface area (Å²) in [6.45, 7) is 0.126. The lowest BCUT2D eigenvalue weighted by atomic mass is 10.0. The number of halogens is 2. The molecule has 1 aliphatic carbocycles. The van der Waals surface area contributed by atoms with Crippen LogP contribution < -0.4 is 5.32 Å². The van der Waals surface area contributed by atoms with Crippen molar-refractivity contribution in [1.82, 2.24) is 9.88 Å². The van der Waals surface area contributed by atoms with Crippen molar-refractivity contribution in [3.8, 4) is 0 Å². The number of aromatic nitrogens is 1. The van der Waals surface area contributed by atoms with Crippen LogP contribution in [-0.4, -0.2) is 35.2 Å². The summed E-state index contributed by atoms with van der Waals surface area (Å²) in [5, 5.41) is 11.7. The molecule has 1 heterocycles. The Morgan fingerprint density at radius 1 is 1.53 bits per heavy atom. The highest BCUT2D eigenvalue weighted by molar-refractivity contribution is 5.92. The fraction of sp³-hybridized carbons (Fsp3) is 0.615. The number of rotatable bonds is 7. The smallest absolute Gasteiger partial charge is 0.267 e. The van der Waals surface area contributed by atoms with Gasteiger partial charge < -0.3 is 15.0 Å². The van der Waals surface area contributed by atoms with Gasteiger partial charge >= 0.3 is 0 Å². The van der Waals surface area contributed by atoms with E-state index in [0.29, 0.717) is 13.0 Å². The molecule has 1 fully saturated rings. The van der Waals surface area contributed by atoms with Crippen molar-refractivity contribution in [2.24, 2.45) is 5.41 Å². The van der Waals surface area contributed by atoms with Crippen molar-refractivity contribution < 1.29 is 18.7 Å². The van der Waals surface area contributed by atoms with Crippen LogP contribution >= 0.6 is 0 Å². The normalized spacial score (nSPS) is 16.6. The van der Waals surface area contributed by atoms with Gasteiger partial charge in [0.1, 0.15) is 5.69 Å². The van der Waals surface area contributed by atoms with E-state index < -0.39 is 13.0 Å². The van der Waals surface area contributed by atoms with E-state index in [0.717, 1.165) is 12.8 Å². The first-order chi connectivity index (χ1) is 9.06. The van der Waals surface area contributed by atoms with Gasteiger partial charge in [0.15, 0.2) is 0 Å². The quantitative estimate of drug-likeness (QED) is 0.793. The van der Waals surface area contributed by atoms with E-state index in [-0.39, 0.29) is 23.6 Å². The van der Waals surface area contributed by atoms with E-state index in [1.807, 2.05) is 0 Å². The second-order valence-electron chi connectivity index (χ2n) is 5.09. The van der Waals surface area contributed by atoms with Gasteiger partial charge in [0.25, 0.3) is 12.3 Å². The molecule has 4 nitrogen and oxygen atoms in total. The lowest BCUT2D eigenvalue weighted by molar-refractivity contribution is 0.0918. The Morgan fingerprint density at radius 2 is 2.26 bits per heavy atom. The number of nitrogens with zero attached hydrogens (tertiary/aromatic N) is 1. The molecule has 1 aromatic rings. The first kappa shape index (κ1) is 14.0. The third-order valence-electron chi connectivity index (χ3n) is 3.62. The SMILES string of the molecule is O=C(NCC1(CCO)CC1)c1cccn1CC(F)F. The van der Waals surface area contributed by atoms with Gasteiger partial charge in [-0.15, -0.1) is 0 Å². The summed E-state index contributed by atoms with van der Waals surface area (Å²) in [6.07, 6.45) is 1.65. The van der Waals surface area contributed by atoms with Crippen LogP contribution in [0.3, 0.4) is 0 Å². The maximum atomic E-state index is 12.3. The van der Waals surface area contributed by atoms with Crippen LogP contribution in [0.4, 0.5) is 8.78 Å². The van der Waals surface area contributed by atoms with Crippen LogP contribution in [0.15, 0.2) is 18.3 Å². The summed E-state index contributed by atoms with van der Waals surface area (Å²) in [7, 11) is 0. The second-order valence-corrected chi connectivity index (χ2v) is 5.09. The summed E-state index contributed by atoms with van der Waals surface area (Å²) >= 11 is 0. The number of alkyl halides is 2. The van der Waals surface area contributed by atoms with Gasteiger partial charge in [-0.25, -0.2) is 8.78 Å². The zero-order valence-electron chi connectivity index (χ0n) is 10.6. The van der Waals surface area contributed by atoms with Crippen LogP contribution in [0.25, 0.3) is 0 Å². The molecule has 0 aliphatic heterocycles. The average Bonchev–Trinajstić information content (AvgIpc) is 2.96. The third kappa shape index (κ3) is 3.53. The van der Waals surface area contributed by atoms with Gasteiger partial charge in [-0.1, -0.05) is 0 Å². The maximum absolute atomic E-state index is 12.3. The van der Waals surface area contributed by atoms with E-state index in [1.165, 1.54) is 16.8 Å². The van der Waals surface area contributed by atoms with E-state index in [1.54, 1.807) is 6.07 Å². The summed E-state index contributed by atoms with van der Waals surface area (Å²) in [6, 6.07) is 3.11. The molecule has 0 spiro atoms. The standard InChI is InChI=1S/C13H18F2N2O2/c14-11(15)8-17-6-1-2-10(17)12(19)16-9-13(3-4-13)5-7-18/h1-2,6,11,18H,3-5,7-9H2,(H,16,19). The molecule has 1 saturated carbocycles. The minimum atomic E-state index is -2.48. The van der Waals surface area contributed by atoms with Crippen molar-refractivity contribution in [1.29, 1.82) is 0 Å². The minimum absolute atomic E-state index is 0.0184. The summed E-state index contributed by atoms with van der Waals surface area (Å²) in [5.41, 5.74) is 0.268. The van der Waals surface area contributed by atoms with Crippen molar-refractivity contribution in [2.45, 2.75) is 32.2 Å². The third-order valence-corrected chi connectivity index (χ3v) is 3.62. The highest BCUT2D eigenvalue weighted by Crippen LogP contribution is 2.47. The first-order valence-corrected chi connectivity index (χ1v) is 6.39. The molecule has 0 bridgehead atoms. The Balaban J connectivity index is 1.91. The Kier molecular flexibility index (Phi) is 4.19. The molecular weight excluding hydrogens is 254 g/mol. The topological polar surface area (TPSA) is 54.3 Å². The molecule has 106 valence electrons. The first-order valence-electron chi connectivity index (χ1n) is 6.39. The van der Waals surface area contributed by atoms with Gasteiger partial charge in [0.05, 0.1) is 6.54 Å². The van der Waals surface area contributed by atoms with Crippen LogP contribution in [0.1, 0.15) is 29.8 Å². The summed E-state index contributed by atoms with van der Waals surface area (Å²) < 4.78 is 25.9. The second kappa shape index (κ2) is 5.69. The van der Waals surface area contributed by atoms with Crippen LogP contribution in [-0.2, 0) is 6.54 Å². The summed E-state index contributed by atoms with van der Waals surface area (Å²) in [5.74, 6) is -0.338. The molecule has 2 rings (SSSR count). The predicted molar refractivity (Wildman–Crippen MR) is 66.1 cm³/mol. The molecule has 0 atom stereocenters. The fourth-order valence-corrected chi connectivity index (χ4v) is 2.22. The minimum Gasteiger partial charge on any atom is -0.396 e. The predicted octanol–water partition coefficient (Wildman–Crippen LogP) is 1.65. The van der Waals surface area contributed by atoms with E-state index >= 15 is 0 Å². The lowest BCUT2D eigenvalue weighted by Crippen LogP contribution is -2.32. The van der Waals surface area contributed by atoms with Gasteiger partial charge in [0, 0.05) is 19.3 Å². The zero-order chi connectivity index (χ0) is 13.9. The monoisotopic (exact) mass is 272 g/mol. The maximum Gasteiger partial charge on any atom is 0.267 e. The highest BCUT2D eigenvalue weighted by Gasteiger charge is 2.42. The van der Waals surface area contributed by atoms with Crippen molar-refractivity contribution in [3.63, 3.8) is 0 Å². The van der Waals surface area contributed by atoms with E-state index in [9.17, 15) is 13.6 Å². The summed E-state index contributed by atoms with van der Waals surface area (Å²) in [4.78, 5) is 11.9. The molecule has 1 amide bonds. The van der Waals surface area contributed by atoms with E-state index in [2.05, 4.69) is 5.32 Å². The van der Waals surface area contributed by atoms with Crippen LogP contribution in [0.5, 0.6) is 0 Å². The van der Waals surface area contributed by atoms with Gasteiger partial charge in [-0.3, -0.25) is 4.79 Å². The molecule has 6 heteroatoms. The number of carbonyl (C=O) groups is 1. The molecule has 1 aliphatic rings. The molecule has 0 saturated heterocycles. The van der Waals surface area contributed by atoms with Gasteiger partial charge in [0.2, 0.25) is 0 Å². The number of hydrogen-bond acceptors (Lipinski definition) is 2. The van der Waals surface area contributed by atoms with Crippen LogP contribution in [0, 0.1) is 5.41 Å². The number of aliphatic hydroxyl groups is 1. The number of hydrogen-bond donors (Lipinski definition) is 2. The Labute approximate surface area is 110 Å². The van der Waals surface area contributed by atoms with Crippen molar-refractivity contribution >= 4 is 5.91 Å². The molecule has 0 unspecified atom stereocenters.